The van der Waals surface area contributed by atoms with Crippen molar-refractivity contribution in [3.63, 3.8) is 0 Å². The van der Waals surface area contributed by atoms with Crippen LogP contribution in [0.4, 0.5) is 0 Å². The quantitative estimate of drug-likeness (QED) is 0.836. The number of aliphatic hydroxyl groups is 1. The Bertz CT molecular complexity index is 387. The van der Waals surface area contributed by atoms with E-state index in [1.807, 2.05) is 37.3 Å². The van der Waals surface area contributed by atoms with Gasteiger partial charge in [0.25, 0.3) is 0 Å². The summed E-state index contributed by atoms with van der Waals surface area (Å²) in [6.07, 6.45) is 2.80. The lowest BCUT2D eigenvalue weighted by atomic mass is 9.80. The summed E-state index contributed by atoms with van der Waals surface area (Å²) in [4.78, 5) is 11.9. The van der Waals surface area contributed by atoms with Gasteiger partial charge in [-0.05, 0) is 38.2 Å². The van der Waals surface area contributed by atoms with Crippen molar-refractivity contribution >= 4 is 5.97 Å². The molecule has 0 unspecified atom stereocenters. The zero-order chi connectivity index (χ0) is 13.0. The van der Waals surface area contributed by atoms with Gasteiger partial charge in [0, 0.05) is 0 Å². The van der Waals surface area contributed by atoms with E-state index in [4.69, 9.17) is 4.74 Å². The lowest BCUT2D eigenvalue weighted by Gasteiger charge is -2.31. The van der Waals surface area contributed by atoms with E-state index in [2.05, 4.69) is 0 Å². The van der Waals surface area contributed by atoms with Gasteiger partial charge in [-0.1, -0.05) is 30.3 Å². The minimum Gasteiger partial charge on any atom is -0.461 e. The first-order chi connectivity index (χ1) is 8.57. The predicted molar refractivity (Wildman–Crippen MR) is 68.8 cm³/mol. The Kier molecular flexibility index (Phi) is 4.02. The van der Waals surface area contributed by atoms with Crippen LogP contribution in [0.15, 0.2) is 30.3 Å². The molecule has 0 spiro atoms. The van der Waals surface area contributed by atoms with Crippen molar-refractivity contribution in [2.75, 3.05) is 0 Å². The van der Waals surface area contributed by atoms with E-state index in [-0.39, 0.29) is 11.9 Å². The molecule has 1 aromatic carbocycles. The molecule has 0 saturated heterocycles. The Morgan fingerprint density at radius 1 is 1.33 bits per heavy atom. The second-order valence-corrected chi connectivity index (χ2v) is 5.36. The van der Waals surface area contributed by atoms with Crippen molar-refractivity contribution in [1.29, 1.82) is 0 Å². The zero-order valence-electron chi connectivity index (χ0n) is 10.8. The fourth-order valence-electron chi connectivity index (χ4n) is 2.32. The van der Waals surface area contributed by atoms with Crippen LogP contribution in [0.3, 0.4) is 0 Å². The molecule has 0 amide bonds. The smallest absolute Gasteiger partial charge is 0.309 e. The van der Waals surface area contributed by atoms with Crippen LogP contribution in [-0.4, -0.2) is 16.7 Å². The standard InChI is InChI=1S/C15H20O3/c1-15(17)9-7-13(8-10-15)14(16)18-11-12-5-3-2-4-6-12/h2-6,13,17H,7-11H2,1H3/t13-,15+. The van der Waals surface area contributed by atoms with Gasteiger partial charge in [-0.3, -0.25) is 4.79 Å². The second-order valence-electron chi connectivity index (χ2n) is 5.36. The first-order valence-corrected chi connectivity index (χ1v) is 6.50. The number of carbonyl (C=O) groups is 1. The molecule has 3 heteroatoms. The van der Waals surface area contributed by atoms with Crippen molar-refractivity contribution in [3.8, 4) is 0 Å². The highest BCUT2D eigenvalue weighted by Crippen LogP contribution is 2.32. The van der Waals surface area contributed by atoms with Gasteiger partial charge in [-0.25, -0.2) is 0 Å². The SMILES string of the molecule is C[C@]1(O)CC[C@@H](C(=O)OCc2ccccc2)CC1. The summed E-state index contributed by atoms with van der Waals surface area (Å²) < 4.78 is 5.32. The molecule has 1 fully saturated rings. The summed E-state index contributed by atoms with van der Waals surface area (Å²) in [5, 5.41) is 9.83. The average molecular weight is 248 g/mol. The molecule has 0 atom stereocenters. The number of hydrogen-bond acceptors (Lipinski definition) is 3. The molecule has 0 bridgehead atoms. The molecule has 1 aliphatic carbocycles. The molecule has 3 nitrogen and oxygen atoms in total. The van der Waals surface area contributed by atoms with Crippen LogP contribution in [0, 0.1) is 5.92 Å². The number of benzene rings is 1. The molecule has 1 aromatic rings. The van der Waals surface area contributed by atoms with E-state index in [0.717, 1.165) is 18.4 Å². The highest BCUT2D eigenvalue weighted by atomic mass is 16.5. The minimum absolute atomic E-state index is 0.0473. The number of carbonyl (C=O) groups excluding carboxylic acids is 1. The summed E-state index contributed by atoms with van der Waals surface area (Å²) in [7, 11) is 0. The molecule has 18 heavy (non-hydrogen) atoms. The second kappa shape index (κ2) is 5.53. The summed E-state index contributed by atoms with van der Waals surface area (Å²) in [5.41, 5.74) is 0.407. The lowest BCUT2D eigenvalue weighted by molar-refractivity contribution is -0.152. The normalized spacial score (nSPS) is 27.8. The van der Waals surface area contributed by atoms with Gasteiger partial charge in [-0.15, -0.1) is 0 Å². The Balaban J connectivity index is 1.79. The molecule has 98 valence electrons. The van der Waals surface area contributed by atoms with Gasteiger partial charge in [0.15, 0.2) is 0 Å². The van der Waals surface area contributed by atoms with Crippen molar-refractivity contribution in [1.82, 2.24) is 0 Å². The topological polar surface area (TPSA) is 46.5 Å². The Morgan fingerprint density at radius 3 is 2.56 bits per heavy atom. The molecule has 0 aliphatic heterocycles. The molecular weight excluding hydrogens is 228 g/mol. The summed E-state index contributed by atoms with van der Waals surface area (Å²) in [6, 6.07) is 9.69. The molecule has 0 heterocycles. The molecule has 2 rings (SSSR count). The van der Waals surface area contributed by atoms with E-state index >= 15 is 0 Å². The third kappa shape index (κ3) is 3.57. The van der Waals surface area contributed by atoms with Crippen LogP contribution in [-0.2, 0) is 16.1 Å². The van der Waals surface area contributed by atoms with Crippen LogP contribution in [0.1, 0.15) is 38.2 Å². The minimum atomic E-state index is -0.601. The maximum absolute atomic E-state index is 11.9. The van der Waals surface area contributed by atoms with Crippen LogP contribution in [0.2, 0.25) is 0 Å². The number of hydrogen-bond donors (Lipinski definition) is 1. The molecule has 1 saturated carbocycles. The maximum atomic E-state index is 11.9. The molecule has 0 aromatic heterocycles. The van der Waals surface area contributed by atoms with Gasteiger partial charge in [0.05, 0.1) is 11.5 Å². The van der Waals surface area contributed by atoms with E-state index in [1.54, 1.807) is 0 Å². The van der Waals surface area contributed by atoms with E-state index in [9.17, 15) is 9.90 Å². The Labute approximate surface area is 108 Å². The van der Waals surface area contributed by atoms with Crippen molar-refractivity contribution in [2.45, 2.75) is 44.8 Å². The molecule has 0 radical (unpaired) electrons. The molecular formula is C15H20O3. The van der Waals surface area contributed by atoms with Gasteiger partial charge in [0.2, 0.25) is 0 Å². The number of ether oxygens (including phenoxy) is 1. The first kappa shape index (κ1) is 13.1. The van der Waals surface area contributed by atoms with Crippen LogP contribution in [0.25, 0.3) is 0 Å². The fourth-order valence-corrected chi connectivity index (χ4v) is 2.32. The lowest BCUT2D eigenvalue weighted by Crippen LogP contribution is -2.33. The largest absolute Gasteiger partial charge is 0.461 e. The van der Waals surface area contributed by atoms with Crippen LogP contribution >= 0.6 is 0 Å². The average Bonchev–Trinajstić information content (AvgIpc) is 2.37. The van der Waals surface area contributed by atoms with Gasteiger partial charge in [-0.2, -0.15) is 0 Å². The van der Waals surface area contributed by atoms with Crippen LogP contribution in [0.5, 0.6) is 0 Å². The third-order valence-corrected chi connectivity index (χ3v) is 3.62. The van der Waals surface area contributed by atoms with Crippen molar-refractivity contribution in [3.05, 3.63) is 35.9 Å². The Morgan fingerprint density at radius 2 is 1.94 bits per heavy atom. The van der Waals surface area contributed by atoms with Gasteiger partial charge in [0.1, 0.15) is 6.61 Å². The highest BCUT2D eigenvalue weighted by molar-refractivity contribution is 5.72. The summed E-state index contributed by atoms with van der Waals surface area (Å²) >= 11 is 0. The number of esters is 1. The third-order valence-electron chi connectivity index (χ3n) is 3.62. The monoisotopic (exact) mass is 248 g/mol. The predicted octanol–water partition coefficient (Wildman–Crippen LogP) is 2.67. The summed E-state index contributed by atoms with van der Waals surface area (Å²) in [6.45, 7) is 2.17. The van der Waals surface area contributed by atoms with Crippen LogP contribution < -0.4 is 0 Å². The summed E-state index contributed by atoms with van der Waals surface area (Å²) in [5.74, 6) is -0.178. The van der Waals surface area contributed by atoms with Crippen molar-refractivity contribution < 1.29 is 14.6 Å². The maximum Gasteiger partial charge on any atom is 0.309 e. The van der Waals surface area contributed by atoms with E-state index in [1.165, 1.54) is 0 Å². The van der Waals surface area contributed by atoms with Gasteiger partial charge >= 0.3 is 5.97 Å². The van der Waals surface area contributed by atoms with Gasteiger partial charge < -0.3 is 9.84 Å². The van der Waals surface area contributed by atoms with E-state index in [0.29, 0.717) is 19.4 Å². The van der Waals surface area contributed by atoms with E-state index < -0.39 is 5.60 Å². The highest BCUT2D eigenvalue weighted by Gasteiger charge is 2.32. The molecule has 1 aliphatic rings. The fraction of sp³-hybridized carbons (Fsp3) is 0.533. The first-order valence-electron chi connectivity index (χ1n) is 6.50. The van der Waals surface area contributed by atoms with Crippen molar-refractivity contribution in [2.24, 2.45) is 5.92 Å². The zero-order valence-corrected chi connectivity index (χ0v) is 10.8. The Hall–Kier alpha value is -1.35. The number of rotatable bonds is 3. The molecule has 1 N–H and O–H groups in total.